The number of carbonyl (C=O) groups excluding carboxylic acids is 1. The van der Waals surface area contributed by atoms with Crippen molar-refractivity contribution in [3.8, 4) is 5.75 Å². The van der Waals surface area contributed by atoms with Crippen LogP contribution in [0.2, 0.25) is 0 Å². The van der Waals surface area contributed by atoms with E-state index in [-0.39, 0.29) is 16.8 Å². The molecule has 7 nitrogen and oxygen atoms in total. The fraction of sp³-hybridized carbons (Fsp3) is 0.480. The van der Waals surface area contributed by atoms with Crippen molar-refractivity contribution in [2.75, 3.05) is 38.1 Å². The van der Waals surface area contributed by atoms with Crippen molar-refractivity contribution >= 4 is 21.6 Å². The van der Waals surface area contributed by atoms with Crippen LogP contribution in [0.3, 0.4) is 0 Å². The van der Waals surface area contributed by atoms with Crippen molar-refractivity contribution in [3.63, 3.8) is 0 Å². The Morgan fingerprint density at radius 2 is 1.61 bits per heavy atom. The quantitative estimate of drug-likeness (QED) is 0.588. The molecule has 178 valence electrons. The summed E-state index contributed by atoms with van der Waals surface area (Å²) >= 11 is 0. The molecule has 33 heavy (non-hydrogen) atoms. The number of methoxy groups -OCH3 is 1. The minimum atomic E-state index is -3.80. The van der Waals surface area contributed by atoms with E-state index in [2.05, 4.69) is 16.7 Å². The van der Waals surface area contributed by atoms with Crippen LogP contribution in [0, 0.1) is 0 Å². The standard InChI is InChI=1S/C25H33N3O4S/c1-4-27-17-15-21(16-18-27)28(20-11-12-20)25(29)19-9-13-22(14-10-19)33(30,31)26(2)23-7-5-6-8-24(23)32-3/h5-10,13-14,20-21H,4,11-12,15-18H2,1-3H3. The first-order chi connectivity index (χ1) is 15.9. The minimum absolute atomic E-state index is 0.00878. The number of anilines is 1. The highest BCUT2D eigenvalue weighted by Gasteiger charge is 2.39. The molecular weight excluding hydrogens is 438 g/mol. The number of benzene rings is 2. The summed E-state index contributed by atoms with van der Waals surface area (Å²) in [6.07, 6.45) is 4.09. The highest BCUT2D eigenvalue weighted by Crippen LogP contribution is 2.34. The molecule has 1 saturated heterocycles. The molecule has 2 aliphatic rings. The second-order valence-corrected chi connectivity index (χ2v) is 10.7. The summed E-state index contributed by atoms with van der Waals surface area (Å²) in [5, 5.41) is 0. The van der Waals surface area contributed by atoms with Gasteiger partial charge in [-0.1, -0.05) is 19.1 Å². The summed E-state index contributed by atoms with van der Waals surface area (Å²) < 4.78 is 32.9. The third kappa shape index (κ3) is 4.87. The molecule has 1 aliphatic carbocycles. The number of nitrogens with zero attached hydrogens (tertiary/aromatic N) is 3. The van der Waals surface area contributed by atoms with Gasteiger partial charge in [0.05, 0.1) is 17.7 Å². The SMILES string of the molecule is CCN1CCC(N(C(=O)c2ccc(S(=O)(=O)N(C)c3ccccc3OC)cc2)C2CC2)CC1. The van der Waals surface area contributed by atoms with E-state index in [1.54, 1.807) is 36.4 Å². The summed E-state index contributed by atoms with van der Waals surface area (Å²) in [4.78, 5) is 18.0. The summed E-state index contributed by atoms with van der Waals surface area (Å²) in [7, 11) is -0.783. The second kappa shape index (κ2) is 9.73. The Balaban J connectivity index is 1.53. The topological polar surface area (TPSA) is 70.2 Å². The molecule has 1 heterocycles. The second-order valence-electron chi connectivity index (χ2n) is 8.78. The van der Waals surface area contributed by atoms with Crippen LogP contribution in [0.15, 0.2) is 53.4 Å². The highest BCUT2D eigenvalue weighted by molar-refractivity contribution is 7.92. The third-order valence-corrected chi connectivity index (χ3v) is 8.54. The van der Waals surface area contributed by atoms with Crippen LogP contribution in [0.5, 0.6) is 5.75 Å². The largest absolute Gasteiger partial charge is 0.495 e. The Bertz CT molecular complexity index is 1080. The van der Waals surface area contributed by atoms with Crippen LogP contribution < -0.4 is 9.04 Å². The average molecular weight is 472 g/mol. The van der Waals surface area contributed by atoms with Gasteiger partial charge in [0.2, 0.25) is 0 Å². The molecule has 1 aliphatic heterocycles. The van der Waals surface area contributed by atoms with E-state index >= 15 is 0 Å². The highest BCUT2D eigenvalue weighted by atomic mass is 32.2. The van der Waals surface area contributed by atoms with E-state index in [9.17, 15) is 13.2 Å². The zero-order chi connectivity index (χ0) is 23.6. The zero-order valence-corrected chi connectivity index (χ0v) is 20.4. The molecule has 2 fully saturated rings. The Morgan fingerprint density at radius 3 is 2.18 bits per heavy atom. The summed E-state index contributed by atoms with van der Waals surface area (Å²) in [6, 6.07) is 13.9. The lowest BCUT2D eigenvalue weighted by Gasteiger charge is -2.38. The van der Waals surface area contributed by atoms with Crippen molar-refractivity contribution in [3.05, 3.63) is 54.1 Å². The Morgan fingerprint density at radius 1 is 1.00 bits per heavy atom. The maximum Gasteiger partial charge on any atom is 0.264 e. The van der Waals surface area contributed by atoms with Gasteiger partial charge in [0.15, 0.2) is 0 Å². The van der Waals surface area contributed by atoms with Crippen molar-refractivity contribution in [2.24, 2.45) is 0 Å². The molecule has 2 aromatic carbocycles. The first-order valence-electron chi connectivity index (χ1n) is 11.6. The van der Waals surface area contributed by atoms with Crippen molar-refractivity contribution in [1.29, 1.82) is 0 Å². The van der Waals surface area contributed by atoms with Gasteiger partial charge in [-0.05, 0) is 68.6 Å². The number of likely N-dealkylation sites (tertiary alicyclic amines) is 1. The maximum absolute atomic E-state index is 13.4. The van der Waals surface area contributed by atoms with Crippen LogP contribution in [0.4, 0.5) is 5.69 Å². The number of para-hydroxylation sites is 2. The molecule has 0 atom stereocenters. The van der Waals surface area contributed by atoms with Gasteiger partial charge in [0, 0.05) is 37.8 Å². The average Bonchev–Trinajstić information content (AvgIpc) is 3.69. The molecule has 1 amide bonds. The fourth-order valence-corrected chi connectivity index (χ4v) is 5.80. The Kier molecular flexibility index (Phi) is 6.95. The lowest BCUT2D eigenvalue weighted by molar-refractivity contribution is 0.0554. The predicted octanol–water partition coefficient (Wildman–Crippen LogP) is 3.61. The predicted molar refractivity (Wildman–Crippen MR) is 129 cm³/mol. The van der Waals surface area contributed by atoms with Crippen molar-refractivity contribution in [2.45, 2.75) is 49.6 Å². The van der Waals surface area contributed by atoms with E-state index in [1.165, 1.54) is 30.6 Å². The molecule has 0 unspecified atom stereocenters. The number of carbonyl (C=O) groups is 1. The lowest BCUT2D eigenvalue weighted by atomic mass is 10.0. The van der Waals surface area contributed by atoms with Crippen LogP contribution in [-0.2, 0) is 10.0 Å². The van der Waals surface area contributed by atoms with Crippen molar-refractivity contribution in [1.82, 2.24) is 9.80 Å². The normalized spacial score (nSPS) is 17.5. The maximum atomic E-state index is 13.4. The van der Waals surface area contributed by atoms with Crippen LogP contribution in [-0.4, -0.2) is 70.0 Å². The van der Waals surface area contributed by atoms with Gasteiger partial charge >= 0.3 is 0 Å². The minimum Gasteiger partial charge on any atom is -0.495 e. The molecular formula is C25H33N3O4S. The zero-order valence-electron chi connectivity index (χ0n) is 19.6. The van der Waals surface area contributed by atoms with Crippen molar-refractivity contribution < 1.29 is 17.9 Å². The fourth-order valence-electron chi connectivity index (χ4n) is 4.59. The molecule has 0 N–H and O–H groups in total. The van der Waals surface area contributed by atoms with Gasteiger partial charge in [0.1, 0.15) is 5.75 Å². The monoisotopic (exact) mass is 471 g/mol. The molecule has 8 heteroatoms. The number of piperidine rings is 1. The Hall–Kier alpha value is -2.58. The van der Waals surface area contributed by atoms with Crippen LogP contribution in [0.1, 0.15) is 43.0 Å². The summed E-state index contributed by atoms with van der Waals surface area (Å²) in [6.45, 7) is 5.25. The molecule has 2 aromatic rings. The van der Waals surface area contributed by atoms with E-state index < -0.39 is 10.0 Å². The number of hydrogen-bond donors (Lipinski definition) is 0. The molecule has 0 radical (unpaired) electrons. The number of rotatable bonds is 8. The molecule has 1 saturated carbocycles. The third-order valence-electron chi connectivity index (χ3n) is 6.76. The van der Waals surface area contributed by atoms with Gasteiger partial charge in [-0.25, -0.2) is 8.42 Å². The van der Waals surface area contributed by atoms with E-state index in [1.807, 2.05) is 0 Å². The van der Waals surface area contributed by atoms with Crippen LogP contribution in [0.25, 0.3) is 0 Å². The van der Waals surface area contributed by atoms with Gasteiger partial charge in [-0.3, -0.25) is 9.10 Å². The first-order valence-corrected chi connectivity index (χ1v) is 13.1. The molecule has 4 rings (SSSR count). The number of ether oxygens (including phenoxy) is 1. The summed E-state index contributed by atoms with van der Waals surface area (Å²) in [5.74, 6) is 0.485. The smallest absolute Gasteiger partial charge is 0.264 e. The van der Waals surface area contributed by atoms with E-state index in [4.69, 9.17) is 4.74 Å². The summed E-state index contributed by atoms with van der Waals surface area (Å²) in [5.41, 5.74) is 0.997. The van der Waals surface area contributed by atoms with E-state index in [0.717, 1.165) is 45.3 Å². The molecule has 0 bridgehead atoms. The molecule has 0 spiro atoms. The van der Waals surface area contributed by atoms with Crippen LogP contribution >= 0.6 is 0 Å². The molecule has 0 aromatic heterocycles. The Labute approximate surface area is 197 Å². The number of sulfonamides is 1. The number of hydrogen-bond acceptors (Lipinski definition) is 5. The van der Waals surface area contributed by atoms with E-state index in [0.29, 0.717) is 23.0 Å². The lowest BCUT2D eigenvalue weighted by Crippen LogP contribution is -2.48. The first kappa shape index (κ1) is 23.6. The van der Waals surface area contributed by atoms with Gasteiger partial charge in [0.25, 0.3) is 15.9 Å². The van der Waals surface area contributed by atoms with Gasteiger partial charge in [-0.2, -0.15) is 0 Å². The van der Waals surface area contributed by atoms with Gasteiger partial charge < -0.3 is 14.5 Å². The van der Waals surface area contributed by atoms with Gasteiger partial charge in [-0.15, -0.1) is 0 Å². The number of amides is 1.